The molecule has 0 saturated carbocycles. The average Bonchev–Trinajstić information content (AvgIpc) is 3.19. The highest BCUT2D eigenvalue weighted by atomic mass is 19.1. The third-order valence-electron chi connectivity index (χ3n) is 6.23. The van der Waals surface area contributed by atoms with Gasteiger partial charge in [0, 0.05) is 23.8 Å². The van der Waals surface area contributed by atoms with Crippen LogP contribution >= 0.6 is 0 Å². The first-order valence-corrected chi connectivity index (χ1v) is 12.2. The molecule has 1 unspecified atom stereocenters. The van der Waals surface area contributed by atoms with E-state index in [9.17, 15) is 23.6 Å². The van der Waals surface area contributed by atoms with Crippen LogP contribution in [0.15, 0.2) is 46.0 Å². The first-order chi connectivity index (χ1) is 17.6. The zero-order valence-electron chi connectivity index (χ0n) is 21.2. The topological polar surface area (TPSA) is 120 Å². The van der Waals surface area contributed by atoms with Gasteiger partial charge >= 0.3 is 5.69 Å². The molecule has 0 bridgehead atoms. The van der Waals surface area contributed by atoms with Crippen LogP contribution in [-0.4, -0.2) is 36.6 Å². The third kappa shape index (κ3) is 5.02. The van der Waals surface area contributed by atoms with Gasteiger partial charge in [-0.15, -0.1) is 5.10 Å². The van der Waals surface area contributed by atoms with Crippen molar-refractivity contribution >= 4 is 34.2 Å². The van der Waals surface area contributed by atoms with Gasteiger partial charge in [-0.1, -0.05) is 19.9 Å². The molecule has 0 fully saturated rings. The Bertz CT molecular complexity index is 1630. The molecule has 2 amide bonds. The maximum Gasteiger partial charge on any atom is 0.352 e. The number of aromatic nitrogens is 4. The summed E-state index contributed by atoms with van der Waals surface area (Å²) in [6.07, 6.45) is 1.35. The molecule has 4 aromatic rings. The summed E-state index contributed by atoms with van der Waals surface area (Å²) in [4.78, 5) is 52.1. The highest BCUT2D eigenvalue weighted by Gasteiger charge is 2.20. The second-order valence-electron chi connectivity index (χ2n) is 9.06. The Morgan fingerprint density at radius 1 is 1.11 bits per heavy atom. The lowest BCUT2D eigenvalue weighted by Crippen LogP contribution is -2.32. The number of aryl methyl sites for hydroxylation is 2. The van der Waals surface area contributed by atoms with E-state index in [4.69, 9.17) is 0 Å². The third-order valence-corrected chi connectivity index (χ3v) is 6.23. The fraction of sp³-hybridized carbons (Fsp3) is 0.346. The summed E-state index contributed by atoms with van der Waals surface area (Å²) in [6.45, 7) is 7.18. The predicted molar refractivity (Wildman–Crippen MR) is 138 cm³/mol. The molecule has 2 heterocycles. The molecular formula is C26H29FN6O4. The second-order valence-corrected chi connectivity index (χ2v) is 9.06. The van der Waals surface area contributed by atoms with Crippen LogP contribution in [0.4, 0.5) is 10.1 Å². The summed E-state index contributed by atoms with van der Waals surface area (Å²) in [5.74, 6) is -1.31. The van der Waals surface area contributed by atoms with E-state index in [0.29, 0.717) is 24.1 Å². The number of hydrogen-bond acceptors (Lipinski definition) is 5. The molecule has 0 aliphatic heterocycles. The van der Waals surface area contributed by atoms with E-state index >= 15 is 0 Å². The minimum atomic E-state index is -0.644. The molecule has 4 rings (SSSR count). The van der Waals surface area contributed by atoms with Crippen molar-refractivity contribution in [2.45, 2.75) is 59.7 Å². The summed E-state index contributed by atoms with van der Waals surface area (Å²) in [5, 5.41) is 9.97. The minimum Gasteiger partial charge on any atom is -0.350 e. The lowest BCUT2D eigenvalue weighted by Gasteiger charge is -2.13. The minimum absolute atomic E-state index is 0.0493. The van der Waals surface area contributed by atoms with Crippen LogP contribution in [0.5, 0.6) is 0 Å². The van der Waals surface area contributed by atoms with E-state index < -0.39 is 24.0 Å². The Kier molecular flexibility index (Phi) is 7.23. The summed E-state index contributed by atoms with van der Waals surface area (Å²) in [5.41, 5.74) is 0.203. The standard InChI is InChI=1S/C26H29FN6O4/c1-5-11-31-24(36)19-10-8-17(23(35)28-16(4)6-2)12-21(19)33-25(31)30-32(26(33)37)14-22(34)29-18-9-7-15(3)20(27)13-18/h7-10,12-13,16H,5-6,11,14H2,1-4H3,(H,28,35)(H,29,34). The van der Waals surface area contributed by atoms with Crippen LogP contribution in [0.3, 0.4) is 0 Å². The fourth-order valence-electron chi connectivity index (χ4n) is 4.00. The zero-order valence-corrected chi connectivity index (χ0v) is 21.2. The summed E-state index contributed by atoms with van der Waals surface area (Å²) < 4.78 is 17.4. The van der Waals surface area contributed by atoms with Gasteiger partial charge < -0.3 is 10.6 Å². The smallest absolute Gasteiger partial charge is 0.350 e. The van der Waals surface area contributed by atoms with Crippen molar-refractivity contribution in [2.24, 2.45) is 0 Å². The van der Waals surface area contributed by atoms with E-state index in [1.807, 2.05) is 20.8 Å². The number of rotatable bonds is 8. The molecule has 0 aliphatic carbocycles. The van der Waals surface area contributed by atoms with Gasteiger partial charge in [0.05, 0.1) is 10.9 Å². The molecule has 0 spiro atoms. The first kappa shape index (κ1) is 25.8. The molecule has 11 heteroatoms. The monoisotopic (exact) mass is 508 g/mol. The Balaban J connectivity index is 1.80. The Hall–Kier alpha value is -4.28. The number of amides is 2. The number of anilines is 1. The molecule has 1 atom stereocenters. The van der Waals surface area contributed by atoms with E-state index in [1.165, 1.54) is 33.2 Å². The second kappa shape index (κ2) is 10.4. The molecule has 194 valence electrons. The van der Waals surface area contributed by atoms with Gasteiger partial charge in [-0.2, -0.15) is 0 Å². The number of fused-ring (bicyclic) bond motifs is 3. The SMILES string of the molecule is CCCn1c(=O)c2ccc(C(=O)NC(C)CC)cc2n2c(=O)n(CC(=O)Nc3ccc(C)c(F)c3)nc12. The molecular weight excluding hydrogens is 479 g/mol. The van der Waals surface area contributed by atoms with E-state index in [-0.39, 0.29) is 39.9 Å². The van der Waals surface area contributed by atoms with Gasteiger partial charge in [0.15, 0.2) is 0 Å². The highest BCUT2D eigenvalue weighted by Crippen LogP contribution is 2.16. The molecule has 0 saturated heterocycles. The van der Waals surface area contributed by atoms with Crippen LogP contribution < -0.4 is 21.9 Å². The summed E-state index contributed by atoms with van der Waals surface area (Å²) in [6, 6.07) is 8.79. The van der Waals surface area contributed by atoms with Crippen molar-refractivity contribution in [3.63, 3.8) is 0 Å². The van der Waals surface area contributed by atoms with Crippen LogP contribution in [0.1, 0.15) is 49.5 Å². The number of benzene rings is 2. The van der Waals surface area contributed by atoms with Crippen molar-refractivity contribution in [2.75, 3.05) is 5.32 Å². The fourth-order valence-corrected chi connectivity index (χ4v) is 4.00. The van der Waals surface area contributed by atoms with Crippen molar-refractivity contribution in [1.82, 2.24) is 24.1 Å². The van der Waals surface area contributed by atoms with Gasteiger partial charge in [0.25, 0.3) is 11.5 Å². The quantitative estimate of drug-likeness (QED) is 0.379. The average molecular weight is 509 g/mol. The van der Waals surface area contributed by atoms with E-state index in [1.54, 1.807) is 19.1 Å². The van der Waals surface area contributed by atoms with Crippen LogP contribution in [-0.2, 0) is 17.9 Å². The van der Waals surface area contributed by atoms with E-state index in [0.717, 1.165) is 11.1 Å². The number of nitrogens with zero attached hydrogens (tertiary/aromatic N) is 4. The number of carbonyl (C=O) groups is 2. The lowest BCUT2D eigenvalue weighted by molar-refractivity contribution is -0.117. The highest BCUT2D eigenvalue weighted by molar-refractivity contribution is 5.98. The number of nitrogens with one attached hydrogen (secondary N) is 2. The van der Waals surface area contributed by atoms with Gasteiger partial charge in [-0.25, -0.2) is 18.3 Å². The zero-order chi connectivity index (χ0) is 26.9. The molecule has 2 N–H and O–H groups in total. The number of hydrogen-bond donors (Lipinski definition) is 2. The maximum atomic E-state index is 13.9. The molecule has 2 aromatic heterocycles. The van der Waals surface area contributed by atoms with Gasteiger partial charge in [0.2, 0.25) is 11.7 Å². The normalized spacial score (nSPS) is 12.1. The van der Waals surface area contributed by atoms with Crippen molar-refractivity contribution in [3.8, 4) is 0 Å². The van der Waals surface area contributed by atoms with Crippen molar-refractivity contribution < 1.29 is 14.0 Å². The summed E-state index contributed by atoms with van der Waals surface area (Å²) in [7, 11) is 0. The van der Waals surface area contributed by atoms with Gasteiger partial charge in [0.1, 0.15) is 12.4 Å². The Morgan fingerprint density at radius 3 is 2.54 bits per heavy atom. The number of carbonyl (C=O) groups excluding carboxylic acids is 2. The van der Waals surface area contributed by atoms with E-state index in [2.05, 4.69) is 15.7 Å². The van der Waals surface area contributed by atoms with Crippen molar-refractivity contribution in [3.05, 3.63) is 74.2 Å². The Morgan fingerprint density at radius 2 is 1.86 bits per heavy atom. The van der Waals surface area contributed by atoms with Gasteiger partial charge in [-0.3, -0.25) is 19.0 Å². The van der Waals surface area contributed by atoms with Crippen molar-refractivity contribution in [1.29, 1.82) is 0 Å². The molecule has 37 heavy (non-hydrogen) atoms. The lowest BCUT2D eigenvalue weighted by atomic mass is 10.1. The maximum absolute atomic E-state index is 13.9. The largest absolute Gasteiger partial charge is 0.352 e. The summed E-state index contributed by atoms with van der Waals surface area (Å²) >= 11 is 0. The molecule has 2 aromatic carbocycles. The van der Waals surface area contributed by atoms with Crippen LogP contribution in [0.2, 0.25) is 0 Å². The van der Waals surface area contributed by atoms with Crippen LogP contribution in [0.25, 0.3) is 16.7 Å². The molecule has 0 aliphatic rings. The van der Waals surface area contributed by atoms with Crippen LogP contribution in [0, 0.1) is 12.7 Å². The molecule has 10 nitrogen and oxygen atoms in total. The molecule has 0 radical (unpaired) electrons. The first-order valence-electron chi connectivity index (χ1n) is 12.2. The number of halogens is 1. The predicted octanol–water partition coefficient (Wildman–Crippen LogP) is 2.84. The van der Waals surface area contributed by atoms with Gasteiger partial charge in [-0.05, 0) is 62.6 Å². The Labute approximate surface area is 211 Å².